The van der Waals surface area contributed by atoms with Crippen molar-refractivity contribution in [2.45, 2.75) is 32.6 Å². The summed E-state index contributed by atoms with van der Waals surface area (Å²) in [4.78, 5) is 15.3. The average Bonchev–Trinajstić information content (AvgIpc) is 2.67. The number of hydrogen-bond acceptors (Lipinski definition) is 3. The third-order valence-corrected chi connectivity index (χ3v) is 5.40. The molecular weight excluding hydrogens is 310 g/mol. The lowest BCUT2D eigenvalue weighted by Crippen LogP contribution is -2.30. The maximum absolute atomic E-state index is 12.1. The van der Waals surface area contributed by atoms with E-state index in [0.717, 1.165) is 27.7 Å². The maximum Gasteiger partial charge on any atom is 0.186 e. The van der Waals surface area contributed by atoms with Gasteiger partial charge in [0.15, 0.2) is 5.78 Å². The third kappa shape index (κ3) is 3.90. The molecule has 0 saturated carbocycles. The van der Waals surface area contributed by atoms with Crippen molar-refractivity contribution in [1.29, 1.82) is 0 Å². The SMILES string of the molecule is CCC1CCCN(CC(=O)c2ccc(Br)s2)CC1. The van der Waals surface area contributed by atoms with Gasteiger partial charge in [0, 0.05) is 0 Å². The van der Waals surface area contributed by atoms with E-state index in [-0.39, 0.29) is 5.78 Å². The van der Waals surface area contributed by atoms with Gasteiger partial charge < -0.3 is 0 Å². The molecule has 4 heteroatoms. The van der Waals surface area contributed by atoms with Crippen molar-refractivity contribution in [3.8, 4) is 0 Å². The first-order valence-corrected chi connectivity index (χ1v) is 8.31. The summed E-state index contributed by atoms with van der Waals surface area (Å²) in [5.74, 6) is 1.13. The molecule has 0 N–H and O–H groups in total. The second kappa shape index (κ2) is 6.83. The molecule has 1 aliphatic rings. The number of hydrogen-bond donors (Lipinski definition) is 0. The van der Waals surface area contributed by atoms with Gasteiger partial charge in [-0.1, -0.05) is 13.3 Å². The van der Waals surface area contributed by atoms with E-state index in [1.165, 1.54) is 37.0 Å². The monoisotopic (exact) mass is 329 g/mol. The van der Waals surface area contributed by atoms with Crippen molar-refractivity contribution in [2.24, 2.45) is 5.92 Å². The van der Waals surface area contributed by atoms with Crippen LogP contribution in [0.4, 0.5) is 0 Å². The molecule has 1 aromatic heterocycles. The molecule has 0 aromatic carbocycles. The summed E-state index contributed by atoms with van der Waals surface area (Å²) in [5, 5.41) is 0. The fourth-order valence-corrected chi connectivity index (χ4v) is 3.85. The minimum absolute atomic E-state index is 0.264. The van der Waals surface area contributed by atoms with E-state index >= 15 is 0 Å². The van der Waals surface area contributed by atoms with Gasteiger partial charge in [-0.2, -0.15) is 0 Å². The van der Waals surface area contributed by atoms with Gasteiger partial charge >= 0.3 is 0 Å². The smallest absolute Gasteiger partial charge is 0.186 e. The third-order valence-electron chi connectivity index (χ3n) is 3.73. The Kier molecular flexibility index (Phi) is 5.39. The van der Waals surface area contributed by atoms with Gasteiger partial charge in [0.05, 0.1) is 15.2 Å². The van der Waals surface area contributed by atoms with E-state index in [4.69, 9.17) is 0 Å². The predicted molar refractivity (Wildman–Crippen MR) is 80.4 cm³/mol. The molecule has 2 rings (SSSR count). The molecule has 0 aliphatic carbocycles. The second-order valence-electron chi connectivity index (χ2n) is 5.01. The van der Waals surface area contributed by atoms with Crippen LogP contribution in [0.3, 0.4) is 0 Å². The molecule has 1 atom stereocenters. The van der Waals surface area contributed by atoms with E-state index < -0.39 is 0 Å². The van der Waals surface area contributed by atoms with Gasteiger partial charge in [-0.05, 0) is 66.3 Å². The molecule has 100 valence electrons. The highest BCUT2D eigenvalue weighted by Crippen LogP contribution is 2.24. The quantitative estimate of drug-likeness (QED) is 0.771. The Morgan fingerprint density at radius 3 is 2.94 bits per heavy atom. The molecule has 1 aliphatic heterocycles. The molecule has 18 heavy (non-hydrogen) atoms. The number of rotatable bonds is 4. The van der Waals surface area contributed by atoms with Crippen molar-refractivity contribution >= 4 is 33.0 Å². The normalized spacial score (nSPS) is 21.8. The molecule has 1 saturated heterocycles. The number of thiophene rings is 1. The van der Waals surface area contributed by atoms with Gasteiger partial charge in [-0.25, -0.2) is 0 Å². The Morgan fingerprint density at radius 2 is 2.28 bits per heavy atom. The van der Waals surface area contributed by atoms with Crippen molar-refractivity contribution in [1.82, 2.24) is 4.90 Å². The number of nitrogens with zero attached hydrogens (tertiary/aromatic N) is 1. The van der Waals surface area contributed by atoms with Crippen LogP contribution < -0.4 is 0 Å². The predicted octanol–water partition coefficient (Wildman–Crippen LogP) is 4.21. The Morgan fingerprint density at radius 1 is 1.44 bits per heavy atom. The molecular formula is C14H20BrNOS. The van der Waals surface area contributed by atoms with Crippen LogP contribution in [0.2, 0.25) is 0 Å². The molecule has 0 bridgehead atoms. The second-order valence-corrected chi connectivity index (χ2v) is 7.47. The van der Waals surface area contributed by atoms with E-state index in [9.17, 15) is 4.79 Å². The van der Waals surface area contributed by atoms with Crippen LogP contribution in [0.1, 0.15) is 42.3 Å². The molecule has 1 fully saturated rings. The largest absolute Gasteiger partial charge is 0.296 e. The summed E-state index contributed by atoms with van der Waals surface area (Å²) in [6.45, 7) is 5.02. The van der Waals surface area contributed by atoms with Gasteiger partial charge in [0.25, 0.3) is 0 Å². The first-order chi connectivity index (χ1) is 8.69. The number of carbonyl (C=O) groups is 1. The fourth-order valence-electron chi connectivity index (χ4n) is 2.54. The highest BCUT2D eigenvalue weighted by Gasteiger charge is 2.18. The van der Waals surface area contributed by atoms with Gasteiger partial charge in [-0.15, -0.1) is 11.3 Å². The Hall–Kier alpha value is -0.190. The van der Waals surface area contributed by atoms with Crippen LogP contribution in [-0.2, 0) is 0 Å². The van der Waals surface area contributed by atoms with Crippen LogP contribution in [0.15, 0.2) is 15.9 Å². The van der Waals surface area contributed by atoms with Crippen molar-refractivity contribution in [2.75, 3.05) is 19.6 Å². The number of Topliss-reactive ketones (excluding diaryl/α,β-unsaturated/α-hetero) is 1. The minimum Gasteiger partial charge on any atom is -0.296 e. The molecule has 0 radical (unpaired) electrons. The summed E-state index contributed by atoms with van der Waals surface area (Å²) in [7, 11) is 0. The summed E-state index contributed by atoms with van der Waals surface area (Å²) in [6, 6.07) is 3.87. The van der Waals surface area contributed by atoms with Gasteiger partial charge in [0.1, 0.15) is 0 Å². The molecule has 2 nitrogen and oxygen atoms in total. The van der Waals surface area contributed by atoms with E-state index in [0.29, 0.717) is 6.54 Å². The lowest BCUT2D eigenvalue weighted by atomic mass is 9.98. The maximum atomic E-state index is 12.1. The summed E-state index contributed by atoms with van der Waals surface area (Å²) in [5.41, 5.74) is 0. The zero-order valence-electron chi connectivity index (χ0n) is 10.8. The first-order valence-electron chi connectivity index (χ1n) is 6.70. The summed E-state index contributed by atoms with van der Waals surface area (Å²) in [6.07, 6.45) is 5.09. The van der Waals surface area contributed by atoms with Crippen LogP contribution in [0, 0.1) is 5.92 Å². The number of likely N-dealkylation sites (tertiary alicyclic amines) is 1. The first kappa shape index (κ1) is 14.2. The topological polar surface area (TPSA) is 20.3 Å². The summed E-state index contributed by atoms with van der Waals surface area (Å²) >= 11 is 4.94. The van der Waals surface area contributed by atoms with E-state index in [1.807, 2.05) is 12.1 Å². The molecule has 0 spiro atoms. The van der Waals surface area contributed by atoms with Crippen LogP contribution in [0.5, 0.6) is 0 Å². The Balaban J connectivity index is 1.87. The lowest BCUT2D eigenvalue weighted by molar-refractivity contribution is 0.0936. The number of ketones is 1. The highest BCUT2D eigenvalue weighted by atomic mass is 79.9. The van der Waals surface area contributed by atoms with Crippen molar-refractivity contribution in [3.63, 3.8) is 0 Å². The number of halogens is 1. The molecule has 1 aromatic rings. The van der Waals surface area contributed by atoms with Gasteiger partial charge in [-0.3, -0.25) is 9.69 Å². The van der Waals surface area contributed by atoms with Crippen LogP contribution in [-0.4, -0.2) is 30.3 Å². The minimum atomic E-state index is 0.264. The van der Waals surface area contributed by atoms with Crippen LogP contribution in [0.25, 0.3) is 0 Å². The standard InChI is InChI=1S/C14H20BrNOS/c1-2-11-4-3-8-16(9-7-11)10-12(17)13-5-6-14(15)18-13/h5-6,11H,2-4,7-10H2,1H3. The average molecular weight is 330 g/mol. The van der Waals surface area contributed by atoms with Gasteiger partial charge in [0.2, 0.25) is 0 Å². The Bertz CT molecular complexity index is 404. The molecule has 0 amide bonds. The fraction of sp³-hybridized carbons (Fsp3) is 0.643. The van der Waals surface area contributed by atoms with Crippen molar-refractivity contribution in [3.05, 3.63) is 20.8 Å². The molecule has 1 unspecified atom stereocenters. The van der Waals surface area contributed by atoms with Crippen LogP contribution >= 0.6 is 27.3 Å². The van der Waals surface area contributed by atoms with E-state index in [1.54, 1.807) is 0 Å². The number of carbonyl (C=O) groups excluding carboxylic acids is 1. The lowest BCUT2D eigenvalue weighted by Gasteiger charge is -2.18. The van der Waals surface area contributed by atoms with Crippen molar-refractivity contribution < 1.29 is 4.79 Å². The zero-order chi connectivity index (χ0) is 13.0. The summed E-state index contributed by atoms with van der Waals surface area (Å²) < 4.78 is 1.03. The molecule has 2 heterocycles. The highest BCUT2D eigenvalue weighted by molar-refractivity contribution is 9.11. The zero-order valence-corrected chi connectivity index (χ0v) is 13.2. The van der Waals surface area contributed by atoms with E-state index in [2.05, 4.69) is 27.8 Å². The Labute approximate surface area is 122 Å².